The Labute approximate surface area is 98.3 Å². The van der Waals surface area contributed by atoms with E-state index in [1.54, 1.807) is 0 Å². The van der Waals surface area contributed by atoms with Gasteiger partial charge in [-0.3, -0.25) is 0 Å². The SMILES string of the molecule is CC(C)[C@H](N)[C@H](O)c1cccc(C(F)(F)F)c1. The number of aliphatic hydroxyl groups excluding tert-OH is 1. The molecule has 1 rings (SSSR count). The Morgan fingerprint density at radius 3 is 2.29 bits per heavy atom. The quantitative estimate of drug-likeness (QED) is 0.862. The van der Waals surface area contributed by atoms with Gasteiger partial charge in [0.2, 0.25) is 0 Å². The molecule has 96 valence electrons. The smallest absolute Gasteiger partial charge is 0.387 e. The number of benzene rings is 1. The lowest BCUT2D eigenvalue weighted by Gasteiger charge is -2.23. The van der Waals surface area contributed by atoms with Crippen LogP contribution in [0, 0.1) is 5.92 Å². The molecular weight excluding hydrogens is 231 g/mol. The topological polar surface area (TPSA) is 46.2 Å². The Morgan fingerprint density at radius 2 is 1.82 bits per heavy atom. The lowest BCUT2D eigenvalue weighted by molar-refractivity contribution is -0.137. The Hall–Kier alpha value is -1.07. The standard InChI is InChI=1S/C12H16F3NO/c1-7(2)10(16)11(17)8-4-3-5-9(6-8)12(13,14)15/h3-7,10-11,17H,16H2,1-2H3/t10-,11+/m0/s1. The third-order valence-electron chi connectivity index (χ3n) is 2.69. The maximum absolute atomic E-state index is 12.5. The van der Waals surface area contributed by atoms with Gasteiger partial charge in [-0.05, 0) is 23.6 Å². The molecule has 0 aliphatic carbocycles. The molecule has 0 aliphatic rings. The van der Waals surface area contributed by atoms with Crippen LogP contribution >= 0.6 is 0 Å². The van der Waals surface area contributed by atoms with Crippen LogP contribution < -0.4 is 5.73 Å². The first-order valence-corrected chi connectivity index (χ1v) is 5.34. The van der Waals surface area contributed by atoms with Crippen molar-refractivity contribution < 1.29 is 18.3 Å². The van der Waals surface area contributed by atoms with Crippen molar-refractivity contribution in [2.45, 2.75) is 32.2 Å². The van der Waals surface area contributed by atoms with Gasteiger partial charge in [-0.2, -0.15) is 13.2 Å². The molecule has 17 heavy (non-hydrogen) atoms. The van der Waals surface area contributed by atoms with Crippen molar-refractivity contribution in [3.63, 3.8) is 0 Å². The Kier molecular flexibility index (Phi) is 4.16. The number of alkyl halides is 3. The van der Waals surface area contributed by atoms with Crippen LogP contribution in [0.25, 0.3) is 0 Å². The summed E-state index contributed by atoms with van der Waals surface area (Å²) in [5.74, 6) is -0.0143. The van der Waals surface area contributed by atoms with Crippen molar-refractivity contribution in [2.24, 2.45) is 11.7 Å². The van der Waals surface area contributed by atoms with E-state index >= 15 is 0 Å². The summed E-state index contributed by atoms with van der Waals surface area (Å²) >= 11 is 0. The first kappa shape index (κ1) is 14.0. The summed E-state index contributed by atoms with van der Waals surface area (Å²) in [5.41, 5.74) is 5.14. The van der Waals surface area contributed by atoms with Crippen LogP contribution in [0.15, 0.2) is 24.3 Å². The zero-order valence-electron chi connectivity index (χ0n) is 9.70. The zero-order valence-corrected chi connectivity index (χ0v) is 9.70. The van der Waals surface area contributed by atoms with Gasteiger partial charge in [-0.1, -0.05) is 26.0 Å². The number of rotatable bonds is 3. The second-order valence-electron chi connectivity index (χ2n) is 4.39. The van der Waals surface area contributed by atoms with E-state index in [2.05, 4.69) is 0 Å². The molecule has 2 nitrogen and oxygen atoms in total. The molecule has 0 bridgehead atoms. The Bertz CT molecular complexity index is 376. The molecule has 0 aliphatic heterocycles. The molecule has 0 heterocycles. The third-order valence-corrected chi connectivity index (χ3v) is 2.69. The summed E-state index contributed by atoms with van der Waals surface area (Å²) in [4.78, 5) is 0. The van der Waals surface area contributed by atoms with Crippen molar-refractivity contribution in [2.75, 3.05) is 0 Å². The van der Waals surface area contributed by atoms with Gasteiger partial charge >= 0.3 is 6.18 Å². The Morgan fingerprint density at radius 1 is 1.24 bits per heavy atom. The van der Waals surface area contributed by atoms with Crippen LogP contribution in [0.3, 0.4) is 0 Å². The molecule has 5 heteroatoms. The fraction of sp³-hybridized carbons (Fsp3) is 0.500. The zero-order chi connectivity index (χ0) is 13.2. The van der Waals surface area contributed by atoms with Gasteiger partial charge in [-0.15, -0.1) is 0 Å². The van der Waals surface area contributed by atoms with Crippen LogP contribution in [0.1, 0.15) is 31.1 Å². The van der Waals surface area contributed by atoms with Crippen LogP contribution in [-0.4, -0.2) is 11.1 Å². The number of hydrogen-bond acceptors (Lipinski definition) is 2. The molecule has 0 saturated carbocycles. The van der Waals surface area contributed by atoms with Gasteiger partial charge in [0, 0.05) is 6.04 Å². The van der Waals surface area contributed by atoms with Crippen LogP contribution in [0.4, 0.5) is 13.2 Å². The lowest BCUT2D eigenvalue weighted by atomic mass is 9.93. The molecular formula is C12H16F3NO. The summed E-state index contributed by atoms with van der Waals surface area (Å²) in [6.45, 7) is 3.61. The highest BCUT2D eigenvalue weighted by atomic mass is 19.4. The van der Waals surface area contributed by atoms with Gasteiger partial charge in [0.1, 0.15) is 0 Å². The van der Waals surface area contributed by atoms with Crippen molar-refractivity contribution in [1.29, 1.82) is 0 Å². The summed E-state index contributed by atoms with van der Waals surface area (Å²) in [5, 5.41) is 9.86. The normalized spacial score (nSPS) is 16.0. The monoisotopic (exact) mass is 247 g/mol. The molecule has 0 saturated heterocycles. The minimum absolute atomic E-state index is 0.0143. The Balaban J connectivity index is 3.00. The molecule has 1 aromatic rings. The predicted molar refractivity (Wildman–Crippen MR) is 59.2 cm³/mol. The second kappa shape index (κ2) is 5.06. The molecule has 0 aromatic heterocycles. The largest absolute Gasteiger partial charge is 0.416 e. The molecule has 0 fully saturated rings. The van der Waals surface area contributed by atoms with E-state index in [1.165, 1.54) is 12.1 Å². The molecule has 0 radical (unpaired) electrons. The van der Waals surface area contributed by atoms with Gasteiger partial charge in [0.25, 0.3) is 0 Å². The van der Waals surface area contributed by atoms with E-state index in [9.17, 15) is 18.3 Å². The summed E-state index contributed by atoms with van der Waals surface area (Å²) in [6, 6.07) is 4.04. The number of hydrogen-bond donors (Lipinski definition) is 2. The summed E-state index contributed by atoms with van der Waals surface area (Å²) in [7, 11) is 0. The summed E-state index contributed by atoms with van der Waals surface area (Å²) in [6.07, 6.45) is -5.49. The highest BCUT2D eigenvalue weighted by Crippen LogP contribution is 2.31. The summed E-state index contributed by atoms with van der Waals surface area (Å²) < 4.78 is 37.4. The predicted octanol–water partition coefficient (Wildman–Crippen LogP) is 2.72. The van der Waals surface area contributed by atoms with E-state index < -0.39 is 23.9 Å². The van der Waals surface area contributed by atoms with Crippen LogP contribution in [0.2, 0.25) is 0 Å². The maximum Gasteiger partial charge on any atom is 0.416 e. The molecule has 0 unspecified atom stereocenters. The van der Waals surface area contributed by atoms with Crippen molar-refractivity contribution in [1.82, 2.24) is 0 Å². The van der Waals surface area contributed by atoms with Gasteiger partial charge < -0.3 is 10.8 Å². The van der Waals surface area contributed by atoms with E-state index in [0.29, 0.717) is 0 Å². The first-order chi connectivity index (χ1) is 7.73. The highest BCUT2D eigenvalue weighted by Gasteiger charge is 2.31. The maximum atomic E-state index is 12.5. The number of aliphatic hydroxyl groups is 1. The van der Waals surface area contributed by atoms with Crippen LogP contribution in [0.5, 0.6) is 0 Å². The first-order valence-electron chi connectivity index (χ1n) is 5.34. The number of halogens is 3. The van der Waals surface area contributed by atoms with Crippen molar-refractivity contribution >= 4 is 0 Å². The second-order valence-corrected chi connectivity index (χ2v) is 4.39. The molecule has 0 spiro atoms. The van der Waals surface area contributed by atoms with E-state index in [0.717, 1.165) is 12.1 Å². The molecule has 0 amide bonds. The molecule has 2 atom stereocenters. The van der Waals surface area contributed by atoms with Gasteiger partial charge in [0.15, 0.2) is 0 Å². The van der Waals surface area contributed by atoms with Crippen molar-refractivity contribution in [3.05, 3.63) is 35.4 Å². The molecule has 1 aromatic carbocycles. The van der Waals surface area contributed by atoms with E-state index in [1.807, 2.05) is 13.8 Å². The van der Waals surface area contributed by atoms with Gasteiger partial charge in [-0.25, -0.2) is 0 Å². The molecule has 3 N–H and O–H groups in total. The number of nitrogens with two attached hydrogens (primary N) is 1. The van der Waals surface area contributed by atoms with Gasteiger partial charge in [0.05, 0.1) is 11.7 Å². The van der Waals surface area contributed by atoms with E-state index in [-0.39, 0.29) is 11.5 Å². The van der Waals surface area contributed by atoms with Crippen molar-refractivity contribution in [3.8, 4) is 0 Å². The lowest BCUT2D eigenvalue weighted by Crippen LogP contribution is -2.33. The minimum Gasteiger partial charge on any atom is -0.387 e. The average molecular weight is 247 g/mol. The highest BCUT2D eigenvalue weighted by molar-refractivity contribution is 5.28. The average Bonchev–Trinajstić information content (AvgIpc) is 2.26. The van der Waals surface area contributed by atoms with Crippen LogP contribution in [-0.2, 0) is 6.18 Å². The fourth-order valence-electron chi connectivity index (χ4n) is 1.49. The fourth-order valence-corrected chi connectivity index (χ4v) is 1.49. The third kappa shape index (κ3) is 3.44. The van der Waals surface area contributed by atoms with E-state index in [4.69, 9.17) is 5.73 Å². The minimum atomic E-state index is -4.41.